The van der Waals surface area contributed by atoms with Gasteiger partial charge in [0.15, 0.2) is 5.60 Å². The van der Waals surface area contributed by atoms with Crippen molar-refractivity contribution in [2.75, 3.05) is 26.2 Å². The highest BCUT2D eigenvalue weighted by molar-refractivity contribution is 5.85. The largest absolute Gasteiger partial charge is 0.462 e. The average Bonchev–Trinajstić information content (AvgIpc) is 2.65. The van der Waals surface area contributed by atoms with Gasteiger partial charge in [0.25, 0.3) is 0 Å². The Morgan fingerprint density at radius 2 is 1.56 bits per heavy atom. The van der Waals surface area contributed by atoms with E-state index in [2.05, 4.69) is 32.6 Å². The Morgan fingerprint density at radius 1 is 1.00 bits per heavy atom. The van der Waals surface area contributed by atoms with E-state index in [9.17, 15) is 9.90 Å². The number of hydrogen-bond donors (Lipinski definition) is 1. The first-order chi connectivity index (χ1) is 12.4. The molecule has 160 valence electrons. The fraction of sp³-hybridized carbons (Fsp3) is 0.955. The summed E-state index contributed by atoms with van der Waals surface area (Å²) in [5, 5.41) is 11.9. The van der Waals surface area contributed by atoms with E-state index in [0.717, 1.165) is 58.2 Å². The van der Waals surface area contributed by atoms with Crippen LogP contribution in [0.5, 0.6) is 0 Å². The number of ether oxygens (including phenoxy) is 1. The van der Waals surface area contributed by atoms with Crippen molar-refractivity contribution in [3.05, 3.63) is 0 Å². The molecule has 0 amide bonds. The van der Waals surface area contributed by atoms with E-state index in [1.807, 2.05) is 0 Å². The first kappa shape index (κ1) is 24.7. The number of likely N-dealkylation sites (N-methyl/N-ethyl adjacent to an activating group) is 1. The number of halogens is 1. The monoisotopic (exact) mass is 403 g/mol. The Hall–Kier alpha value is -0.320. The normalized spacial score (nSPS) is 29.0. The second-order valence-electron chi connectivity index (χ2n) is 8.73. The topological polar surface area (TPSA) is 49.8 Å². The summed E-state index contributed by atoms with van der Waals surface area (Å²) in [6, 6.07) is 0. The van der Waals surface area contributed by atoms with E-state index < -0.39 is 5.60 Å². The molecule has 0 aromatic heterocycles. The van der Waals surface area contributed by atoms with Gasteiger partial charge in [0.1, 0.15) is 6.61 Å². The summed E-state index contributed by atoms with van der Waals surface area (Å²) < 4.78 is 5.71. The fourth-order valence-electron chi connectivity index (χ4n) is 5.59. The molecule has 0 heterocycles. The molecule has 0 aromatic rings. The molecule has 3 atom stereocenters. The van der Waals surface area contributed by atoms with Crippen LogP contribution in [0.3, 0.4) is 0 Å². The molecule has 2 aliphatic rings. The zero-order valence-corrected chi connectivity index (χ0v) is 18.7. The standard InChI is InChI=1S/C22H41NO3.ClH/c1-5-23(6-2)15-16-26-21(24)22(25,19-13-8-7-9-14-19)20-17(3)11-10-12-18(20)4;/h17-20,25H,5-16H2,1-4H3;1H. The predicted molar refractivity (Wildman–Crippen MR) is 113 cm³/mol. The summed E-state index contributed by atoms with van der Waals surface area (Å²) in [7, 11) is 0. The minimum atomic E-state index is -1.30. The van der Waals surface area contributed by atoms with Crippen molar-refractivity contribution in [3.8, 4) is 0 Å². The van der Waals surface area contributed by atoms with Gasteiger partial charge in [-0.1, -0.05) is 66.2 Å². The summed E-state index contributed by atoms with van der Waals surface area (Å²) in [6.45, 7) is 11.7. The molecule has 2 fully saturated rings. The van der Waals surface area contributed by atoms with Gasteiger partial charge in [0, 0.05) is 12.5 Å². The van der Waals surface area contributed by atoms with Crippen LogP contribution in [0.2, 0.25) is 0 Å². The van der Waals surface area contributed by atoms with Crippen molar-refractivity contribution in [2.24, 2.45) is 23.7 Å². The summed E-state index contributed by atoms with van der Waals surface area (Å²) in [5.41, 5.74) is -1.30. The van der Waals surface area contributed by atoms with Crippen molar-refractivity contribution in [1.82, 2.24) is 4.90 Å². The predicted octanol–water partition coefficient (Wildman–Crippen LogP) is 4.68. The lowest BCUT2D eigenvalue weighted by molar-refractivity contribution is -0.193. The highest BCUT2D eigenvalue weighted by Crippen LogP contribution is 2.48. The van der Waals surface area contributed by atoms with Gasteiger partial charge in [0.05, 0.1) is 0 Å². The third kappa shape index (κ3) is 5.83. The molecule has 0 radical (unpaired) electrons. The maximum atomic E-state index is 13.2. The van der Waals surface area contributed by atoms with Crippen molar-refractivity contribution in [3.63, 3.8) is 0 Å². The summed E-state index contributed by atoms with van der Waals surface area (Å²) in [5.74, 6) is 0.495. The first-order valence-electron chi connectivity index (χ1n) is 11.1. The molecule has 0 aromatic carbocycles. The lowest BCUT2D eigenvalue weighted by Crippen LogP contribution is -2.58. The minimum Gasteiger partial charge on any atom is -0.462 e. The molecule has 2 rings (SSSR count). The van der Waals surface area contributed by atoms with Crippen molar-refractivity contribution in [2.45, 2.75) is 84.7 Å². The van der Waals surface area contributed by atoms with Crippen LogP contribution in [0, 0.1) is 23.7 Å². The van der Waals surface area contributed by atoms with Crippen LogP contribution in [0.4, 0.5) is 0 Å². The Morgan fingerprint density at radius 3 is 2.07 bits per heavy atom. The maximum Gasteiger partial charge on any atom is 0.338 e. The molecule has 0 aliphatic heterocycles. The Labute approximate surface area is 172 Å². The number of aliphatic hydroxyl groups is 1. The van der Waals surface area contributed by atoms with Crippen molar-refractivity contribution >= 4 is 18.4 Å². The van der Waals surface area contributed by atoms with Crippen LogP contribution in [-0.2, 0) is 9.53 Å². The second kappa shape index (κ2) is 11.6. The van der Waals surface area contributed by atoms with Crippen LogP contribution >= 0.6 is 12.4 Å². The van der Waals surface area contributed by atoms with E-state index in [-0.39, 0.29) is 30.2 Å². The molecule has 1 N–H and O–H groups in total. The molecule has 3 unspecified atom stereocenters. The molecule has 0 spiro atoms. The molecular weight excluding hydrogens is 362 g/mol. The Bertz CT molecular complexity index is 427. The highest BCUT2D eigenvalue weighted by Gasteiger charge is 2.55. The van der Waals surface area contributed by atoms with Gasteiger partial charge in [-0.2, -0.15) is 0 Å². The molecule has 27 heavy (non-hydrogen) atoms. The number of hydrogen-bond acceptors (Lipinski definition) is 4. The average molecular weight is 404 g/mol. The van der Waals surface area contributed by atoms with Crippen LogP contribution in [-0.4, -0.2) is 47.8 Å². The minimum absolute atomic E-state index is 0. The molecule has 2 saturated carbocycles. The van der Waals surface area contributed by atoms with Crippen molar-refractivity contribution in [1.29, 1.82) is 0 Å². The van der Waals surface area contributed by atoms with Crippen molar-refractivity contribution < 1.29 is 14.6 Å². The second-order valence-corrected chi connectivity index (χ2v) is 8.73. The van der Waals surface area contributed by atoms with Gasteiger partial charge in [-0.25, -0.2) is 4.79 Å². The van der Waals surface area contributed by atoms with Crippen LogP contribution in [0.25, 0.3) is 0 Å². The number of nitrogens with zero attached hydrogens (tertiary/aromatic N) is 1. The molecule has 2 aliphatic carbocycles. The summed E-state index contributed by atoms with van der Waals surface area (Å²) in [6.07, 6.45) is 8.79. The van der Waals surface area contributed by atoms with Gasteiger partial charge in [-0.3, -0.25) is 0 Å². The first-order valence-corrected chi connectivity index (χ1v) is 11.1. The third-order valence-electron chi connectivity index (χ3n) is 7.14. The van der Waals surface area contributed by atoms with E-state index in [1.54, 1.807) is 0 Å². The van der Waals surface area contributed by atoms with E-state index in [1.165, 1.54) is 12.8 Å². The van der Waals surface area contributed by atoms with Gasteiger partial charge >= 0.3 is 5.97 Å². The van der Waals surface area contributed by atoms with Gasteiger partial charge in [-0.15, -0.1) is 12.4 Å². The molecule has 4 nitrogen and oxygen atoms in total. The lowest BCUT2D eigenvalue weighted by atomic mass is 9.59. The Kier molecular flexibility index (Phi) is 10.6. The summed E-state index contributed by atoms with van der Waals surface area (Å²) >= 11 is 0. The highest BCUT2D eigenvalue weighted by atomic mass is 35.5. The number of rotatable bonds is 8. The maximum absolute atomic E-state index is 13.2. The number of carbonyl (C=O) groups is 1. The molecule has 5 heteroatoms. The smallest absolute Gasteiger partial charge is 0.338 e. The zero-order valence-electron chi connectivity index (χ0n) is 17.9. The fourth-order valence-corrected chi connectivity index (χ4v) is 5.59. The van der Waals surface area contributed by atoms with Gasteiger partial charge in [0.2, 0.25) is 0 Å². The number of carbonyl (C=O) groups excluding carboxylic acids is 1. The lowest BCUT2D eigenvalue weighted by Gasteiger charge is -2.48. The number of esters is 1. The van der Waals surface area contributed by atoms with E-state index >= 15 is 0 Å². The SMILES string of the molecule is CCN(CC)CCOC(=O)C(O)(C1CCCCC1)C1C(C)CCCC1C.Cl. The van der Waals surface area contributed by atoms with Gasteiger partial charge in [-0.05, 0) is 43.7 Å². The quantitative estimate of drug-likeness (QED) is 0.598. The van der Waals surface area contributed by atoms with Crippen LogP contribution in [0.15, 0.2) is 0 Å². The van der Waals surface area contributed by atoms with E-state index in [0.29, 0.717) is 18.4 Å². The zero-order chi connectivity index (χ0) is 19.2. The van der Waals surface area contributed by atoms with E-state index in [4.69, 9.17) is 4.74 Å². The summed E-state index contributed by atoms with van der Waals surface area (Å²) in [4.78, 5) is 15.5. The van der Waals surface area contributed by atoms with Crippen LogP contribution < -0.4 is 0 Å². The molecule has 0 bridgehead atoms. The third-order valence-corrected chi connectivity index (χ3v) is 7.14. The van der Waals surface area contributed by atoms with Crippen LogP contribution in [0.1, 0.15) is 79.1 Å². The Balaban J connectivity index is 0.00000364. The molecule has 0 saturated heterocycles. The molecular formula is C22H42ClNO3. The van der Waals surface area contributed by atoms with Gasteiger partial charge < -0.3 is 14.7 Å².